The lowest BCUT2D eigenvalue weighted by atomic mass is 10.3. The Bertz CT molecular complexity index is 365. The molecule has 1 unspecified atom stereocenters. The number of carbonyl (C=O) groups is 1. The van der Waals surface area contributed by atoms with Crippen molar-refractivity contribution in [3.05, 3.63) is 12.7 Å². The third-order valence-corrected chi connectivity index (χ3v) is 2.40. The summed E-state index contributed by atoms with van der Waals surface area (Å²) in [5.74, 6) is -0.972. The highest BCUT2D eigenvalue weighted by molar-refractivity contribution is 7.86. The fraction of sp³-hybridized carbons (Fsp3) is 0.625. The van der Waals surface area contributed by atoms with Crippen LogP contribution >= 0.6 is 0 Å². The number of ether oxygens (including phenoxy) is 1. The molecule has 0 aromatic heterocycles. The second-order valence-electron chi connectivity index (χ2n) is 2.64. The highest BCUT2D eigenvalue weighted by Crippen LogP contribution is 2.29. The predicted octanol–water partition coefficient (Wildman–Crippen LogP) is 1.22. The molecule has 102 valence electrons. The molecule has 17 heavy (non-hydrogen) atoms. The topological polar surface area (TPSA) is 83.5 Å². The lowest BCUT2D eigenvalue weighted by molar-refractivity contribution is -0.138. The zero-order valence-electron chi connectivity index (χ0n) is 7.86. The molecule has 0 heterocycles. The molecule has 1 atom stereocenters. The van der Waals surface area contributed by atoms with Crippen LogP contribution in [0.25, 0.3) is 0 Å². The maximum Gasteiger partial charge on any atom is 0.364 e. The first-order valence-electron chi connectivity index (χ1n) is 3.89. The number of hydrogen-bond acceptors (Lipinski definition) is 5. The summed E-state index contributed by atoms with van der Waals surface area (Å²) in [5, 5.41) is -5.03. The Labute approximate surface area is 97.0 Å². The van der Waals surface area contributed by atoms with Crippen LogP contribution in [0.4, 0.5) is 13.2 Å². The van der Waals surface area contributed by atoms with Crippen molar-refractivity contribution in [1.82, 2.24) is 0 Å². The van der Waals surface area contributed by atoms with E-state index in [1.54, 1.807) is 0 Å². The second-order valence-corrected chi connectivity index (χ2v) is 4.10. The van der Waals surface area contributed by atoms with Crippen LogP contribution in [0.3, 0.4) is 0 Å². The number of rotatable bonds is 6. The Morgan fingerprint density at radius 3 is 2.35 bits per heavy atom. The van der Waals surface area contributed by atoms with Crippen molar-refractivity contribution < 1.29 is 35.7 Å². The van der Waals surface area contributed by atoms with Gasteiger partial charge in [-0.05, 0) is 0 Å². The van der Waals surface area contributed by atoms with Gasteiger partial charge in [-0.1, -0.05) is 14.0 Å². The number of hydrogen-bond donors (Lipinski definition) is 0. The van der Waals surface area contributed by atoms with E-state index in [0.717, 1.165) is 6.08 Å². The van der Waals surface area contributed by atoms with E-state index >= 15 is 0 Å². The summed E-state index contributed by atoms with van der Waals surface area (Å²) >= 11 is 0. The first-order valence-corrected chi connectivity index (χ1v) is 5.30. The summed E-state index contributed by atoms with van der Waals surface area (Å²) in [6.07, 6.45) is -3.61. The van der Waals surface area contributed by atoms with Gasteiger partial charge in [0.05, 0.1) is 6.61 Å². The number of carbonyl (C=O) groups excluding carboxylic acids is 1. The second kappa shape index (κ2) is 6.60. The quantitative estimate of drug-likeness (QED) is 0.414. The molecule has 0 bridgehead atoms. The summed E-state index contributed by atoms with van der Waals surface area (Å²) in [4.78, 5) is 10.4. The lowest BCUT2D eigenvalue weighted by Gasteiger charge is -2.23. The monoisotopic (exact) mass is 277 g/mol. The van der Waals surface area contributed by atoms with Crippen molar-refractivity contribution in [3.8, 4) is 0 Å². The van der Waals surface area contributed by atoms with Gasteiger partial charge in [0.15, 0.2) is 16.3 Å². The molecule has 0 aromatic carbocycles. The molecule has 0 fully saturated rings. The first kappa shape index (κ1) is 18.3. The van der Waals surface area contributed by atoms with Gasteiger partial charge in [0, 0.05) is 12.5 Å². The van der Waals surface area contributed by atoms with Gasteiger partial charge in [0.1, 0.15) is 0 Å². The molecule has 5 nitrogen and oxygen atoms in total. The third-order valence-electron chi connectivity index (χ3n) is 1.48. The van der Waals surface area contributed by atoms with Crippen molar-refractivity contribution in [1.29, 1.82) is 0 Å². The van der Waals surface area contributed by atoms with E-state index in [1.165, 1.54) is 0 Å². The number of esters is 1. The van der Waals surface area contributed by atoms with E-state index in [1.807, 2.05) is 0 Å². The highest BCUT2D eigenvalue weighted by Gasteiger charge is 2.47. The molecule has 0 rings (SSSR count). The zero-order chi connectivity index (χ0) is 13.0. The predicted molar refractivity (Wildman–Crippen MR) is 52.0 cm³/mol. The van der Waals surface area contributed by atoms with E-state index in [4.69, 9.17) is 0 Å². The van der Waals surface area contributed by atoms with Crippen LogP contribution in [0.2, 0.25) is 0 Å². The van der Waals surface area contributed by atoms with Crippen LogP contribution in [0.15, 0.2) is 12.7 Å². The van der Waals surface area contributed by atoms with Crippen molar-refractivity contribution in [3.63, 3.8) is 0 Å². The van der Waals surface area contributed by atoms with Gasteiger partial charge in [0.2, 0.25) is 0 Å². The van der Waals surface area contributed by atoms with Crippen molar-refractivity contribution >= 4 is 16.1 Å². The van der Waals surface area contributed by atoms with Gasteiger partial charge < -0.3 is 9.29 Å². The lowest BCUT2D eigenvalue weighted by Crippen LogP contribution is -2.39. The minimum Gasteiger partial charge on any atom is -0.743 e. The van der Waals surface area contributed by atoms with Gasteiger partial charge in [-0.3, -0.25) is 0 Å². The van der Waals surface area contributed by atoms with Gasteiger partial charge in [-0.15, -0.1) is 0 Å². The Kier molecular flexibility index (Phi) is 7.09. The molecule has 0 N–H and O–H groups in total. The summed E-state index contributed by atoms with van der Waals surface area (Å²) in [6, 6.07) is 0. The molecular weight excluding hydrogens is 265 g/mol. The van der Waals surface area contributed by atoms with Crippen LogP contribution in [0, 0.1) is 0 Å². The van der Waals surface area contributed by atoms with Crippen LogP contribution in [0.1, 0.15) is 13.8 Å². The van der Waals surface area contributed by atoms with Gasteiger partial charge in [-0.2, -0.15) is 8.78 Å². The van der Waals surface area contributed by atoms with Crippen molar-refractivity contribution in [2.75, 3.05) is 6.61 Å². The van der Waals surface area contributed by atoms with E-state index in [0.29, 0.717) is 0 Å². The third kappa shape index (κ3) is 5.18. The van der Waals surface area contributed by atoms with Crippen molar-refractivity contribution in [2.45, 2.75) is 25.3 Å². The molecule has 0 spiro atoms. The zero-order valence-corrected chi connectivity index (χ0v) is 8.68. The highest BCUT2D eigenvalue weighted by atomic mass is 32.2. The van der Waals surface area contributed by atoms with E-state index < -0.39 is 40.5 Å². The molecule has 0 saturated carbocycles. The van der Waals surface area contributed by atoms with E-state index in [-0.39, 0.29) is 7.43 Å². The molecule has 0 amide bonds. The van der Waals surface area contributed by atoms with E-state index in [2.05, 4.69) is 11.3 Å². The Hall–Kier alpha value is -1.09. The fourth-order valence-corrected chi connectivity index (χ4v) is 1.08. The van der Waals surface area contributed by atoms with Crippen LogP contribution in [-0.2, 0) is 19.6 Å². The molecule has 0 aromatic rings. The molecule has 0 saturated heterocycles. The summed E-state index contributed by atoms with van der Waals surface area (Å²) in [5.41, 5.74) is 0. The Balaban J connectivity index is 0. The van der Waals surface area contributed by atoms with E-state index in [9.17, 15) is 30.9 Å². The Morgan fingerprint density at radius 1 is 1.53 bits per heavy atom. The first-order chi connectivity index (χ1) is 7.13. The summed E-state index contributed by atoms with van der Waals surface area (Å²) < 4.78 is 71.8. The maximum absolute atomic E-state index is 12.7. The van der Waals surface area contributed by atoms with Gasteiger partial charge >= 0.3 is 11.2 Å². The number of halogens is 3. The van der Waals surface area contributed by atoms with Crippen LogP contribution in [0.5, 0.6) is 0 Å². The number of alkyl halides is 3. The van der Waals surface area contributed by atoms with Crippen LogP contribution < -0.4 is 0 Å². The SMILES string of the molecule is C.C=CC(=O)OCCC(F)C(F)(F)S(=O)(=O)[O-]. The minimum absolute atomic E-state index is 0. The summed E-state index contributed by atoms with van der Waals surface area (Å²) in [7, 11) is -6.08. The average molecular weight is 277 g/mol. The molecule has 9 heteroatoms. The smallest absolute Gasteiger partial charge is 0.364 e. The molecule has 0 radical (unpaired) electrons. The molecule has 0 aliphatic carbocycles. The summed E-state index contributed by atoms with van der Waals surface area (Å²) in [6.45, 7) is 2.20. The normalized spacial score (nSPS) is 13.4. The van der Waals surface area contributed by atoms with Gasteiger partial charge in [0.25, 0.3) is 0 Å². The molecular formula is C8H12F3O5S-. The standard InChI is InChI=1S/C7H9F3O5S.CH4/c1-2-6(11)15-4-3-5(8)7(9,10)16(12,13)14;/h2,5H,1,3-4H2,(H,12,13,14);1H4/p-1. The Morgan fingerprint density at radius 2 is 2.00 bits per heavy atom. The van der Waals surface area contributed by atoms with Crippen molar-refractivity contribution in [2.24, 2.45) is 0 Å². The fourth-order valence-electron chi connectivity index (χ4n) is 0.647. The molecule has 0 aliphatic heterocycles. The minimum atomic E-state index is -6.08. The van der Waals surface area contributed by atoms with Crippen LogP contribution in [-0.4, -0.2) is 37.0 Å². The van der Waals surface area contributed by atoms with Gasteiger partial charge in [-0.25, -0.2) is 17.6 Å². The molecule has 0 aliphatic rings. The largest absolute Gasteiger partial charge is 0.743 e. The average Bonchev–Trinajstić information content (AvgIpc) is 2.15. The maximum atomic E-state index is 12.7.